The zero-order valence-electron chi connectivity index (χ0n) is 13.8. The molecule has 0 aliphatic carbocycles. The van der Waals surface area contributed by atoms with E-state index in [0.29, 0.717) is 22.8 Å². The van der Waals surface area contributed by atoms with Gasteiger partial charge in [-0.3, -0.25) is 9.59 Å². The summed E-state index contributed by atoms with van der Waals surface area (Å²) in [5.74, 6) is -0.272. The standard InChI is InChI=1S/C17H21ClN2O2S/c1-5-10(2)20(8-13-6-7-23-9-13)17(22)14-11(3)15(18)12(4)19-16(14)21/h6-7,9-10H,5,8H2,1-4H3,(H,19,21)/t10-/m0/s1. The maximum absolute atomic E-state index is 13.0. The number of aromatic nitrogens is 1. The predicted octanol–water partition coefficient (Wildman–Crippen LogP) is 4.15. The Morgan fingerprint density at radius 3 is 2.70 bits per heavy atom. The Labute approximate surface area is 145 Å². The minimum absolute atomic E-state index is 0.0290. The van der Waals surface area contributed by atoms with E-state index in [9.17, 15) is 9.59 Å². The molecule has 2 heterocycles. The molecule has 23 heavy (non-hydrogen) atoms. The van der Waals surface area contributed by atoms with Crippen LogP contribution in [0.1, 0.15) is 47.4 Å². The zero-order valence-corrected chi connectivity index (χ0v) is 15.3. The van der Waals surface area contributed by atoms with Crippen molar-refractivity contribution in [3.8, 4) is 0 Å². The molecule has 1 N–H and O–H groups in total. The van der Waals surface area contributed by atoms with Crippen molar-refractivity contribution in [1.29, 1.82) is 0 Å². The molecule has 0 radical (unpaired) electrons. The lowest BCUT2D eigenvalue weighted by atomic mass is 10.1. The molecule has 2 rings (SSSR count). The van der Waals surface area contributed by atoms with E-state index in [1.165, 1.54) is 0 Å². The fourth-order valence-corrected chi connectivity index (χ4v) is 3.28. The number of amides is 1. The van der Waals surface area contributed by atoms with Crippen LogP contribution in [-0.4, -0.2) is 21.8 Å². The van der Waals surface area contributed by atoms with Crippen LogP contribution >= 0.6 is 22.9 Å². The normalized spacial score (nSPS) is 12.2. The second-order valence-corrected chi connectivity index (χ2v) is 6.87. The SMILES string of the molecule is CC[C@H](C)N(Cc1ccsc1)C(=O)c1c(C)c(Cl)c(C)[nH]c1=O. The number of hydrogen-bond donors (Lipinski definition) is 1. The number of carbonyl (C=O) groups is 1. The lowest BCUT2D eigenvalue weighted by Crippen LogP contribution is -2.40. The van der Waals surface area contributed by atoms with Gasteiger partial charge in [0.05, 0.1) is 5.02 Å². The topological polar surface area (TPSA) is 53.2 Å². The number of nitrogens with zero attached hydrogens (tertiary/aromatic N) is 1. The number of hydrogen-bond acceptors (Lipinski definition) is 3. The largest absolute Gasteiger partial charge is 0.331 e. The molecule has 0 saturated heterocycles. The van der Waals surface area contributed by atoms with Crippen molar-refractivity contribution < 1.29 is 4.79 Å². The van der Waals surface area contributed by atoms with Crippen molar-refractivity contribution in [1.82, 2.24) is 9.88 Å². The molecule has 1 amide bonds. The van der Waals surface area contributed by atoms with E-state index in [1.54, 1.807) is 30.1 Å². The van der Waals surface area contributed by atoms with Crippen molar-refractivity contribution in [2.24, 2.45) is 0 Å². The molecule has 0 unspecified atom stereocenters. The van der Waals surface area contributed by atoms with Crippen molar-refractivity contribution in [3.05, 3.63) is 54.6 Å². The van der Waals surface area contributed by atoms with Gasteiger partial charge in [-0.1, -0.05) is 18.5 Å². The highest BCUT2D eigenvalue weighted by molar-refractivity contribution is 7.07. The molecule has 124 valence electrons. The van der Waals surface area contributed by atoms with Gasteiger partial charge in [0, 0.05) is 18.3 Å². The maximum Gasteiger partial charge on any atom is 0.261 e. The summed E-state index contributed by atoms with van der Waals surface area (Å²) in [6.07, 6.45) is 0.812. The van der Waals surface area contributed by atoms with Crippen LogP contribution in [0.2, 0.25) is 5.02 Å². The second-order valence-electron chi connectivity index (χ2n) is 5.72. The summed E-state index contributed by atoms with van der Waals surface area (Å²) < 4.78 is 0. The Balaban J connectivity index is 2.46. The minimum Gasteiger partial charge on any atom is -0.331 e. The summed E-state index contributed by atoms with van der Waals surface area (Å²) in [6, 6.07) is 2.02. The quantitative estimate of drug-likeness (QED) is 0.878. The van der Waals surface area contributed by atoms with Gasteiger partial charge in [0.25, 0.3) is 11.5 Å². The van der Waals surface area contributed by atoms with E-state index in [0.717, 1.165) is 12.0 Å². The number of aromatic amines is 1. The highest BCUT2D eigenvalue weighted by atomic mass is 35.5. The summed E-state index contributed by atoms with van der Waals surface area (Å²) in [5.41, 5.74) is 1.94. The number of halogens is 1. The first kappa shape index (κ1) is 17.8. The fraction of sp³-hybridized carbons (Fsp3) is 0.412. The number of aryl methyl sites for hydroxylation is 1. The molecule has 0 aliphatic rings. The van der Waals surface area contributed by atoms with E-state index < -0.39 is 0 Å². The zero-order chi connectivity index (χ0) is 17.1. The smallest absolute Gasteiger partial charge is 0.261 e. The number of rotatable bonds is 5. The van der Waals surface area contributed by atoms with Gasteiger partial charge in [0.15, 0.2) is 0 Å². The van der Waals surface area contributed by atoms with Gasteiger partial charge in [0.2, 0.25) is 0 Å². The van der Waals surface area contributed by atoms with E-state index in [1.807, 2.05) is 30.7 Å². The third kappa shape index (κ3) is 3.67. The summed E-state index contributed by atoms with van der Waals surface area (Å²) in [4.78, 5) is 29.7. The third-order valence-electron chi connectivity index (χ3n) is 4.09. The first-order chi connectivity index (χ1) is 10.9. The lowest BCUT2D eigenvalue weighted by Gasteiger charge is -2.29. The molecule has 0 saturated carbocycles. The molecular formula is C17H21ClN2O2S. The summed E-state index contributed by atoms with van der Waals surface area (Å²) in [5, 5.41) is 4.43. The highest BCUT2D eigenvalue weighted by Crippen LogP contribution is 2.22. The van der Waals surface area contributed by atoms with Gasteiger partial charge >= 0.3 is 0 Å². The number of thiophene rings is 1. The number of pyridine rings is 1. The number of carbonyl (C=O) groups excluding carboxylic acids is 1. The summed E-state index contributed by atoms with van der Waals surface area (Å²) in [7, 11) is 0. The van der Waals surface area contributed by atoms with Crippen molar-refractivity contribution in [2.75, 3.05) is 0 Å². The van der Waals surface area contributed by atoms with Crippen LogP contribution in [0.4, 0.5) is 0 Å². The predicted molar refractivity (Wildman–Crippen MR) is 95.5 cm³/mol. The van der Waals surface area contributed by atoms with E-state index in [4.69, 9.17) is 11.6 Å². The first-order valence-electron chi connectivity index (χ1n) is 7.57. The van der Waals surface area contributed by atoms with Crippen LogP contribution in [0.15, 0.2) is 21.6 Å². The summed E-state index contributed by atoms with van der Waals surface area (Å²) >= 11 is 7.81. The van der Waals surface area contributed by atoms with E-state index >= 15 is 0 Å². The Bertz CT molecular complexity index is 753. The van der Waals surface area contributed by atoms with Gasteiger partial charge in [-0.25, -0.2) is 0 Å². The van der Waals surface area contributed by atoms with E-state index in [2.05, 4.69) is 4.98 Å². The van der Waals surface area contributed by atoms with Crippen LogP contribution in [-0.2, 0) is 6.54 Å². The number of H-pyrrole nitrogens is 1. The molecule has 6 heteroatoms. The molecule has 0 bridgehead atoms. The van der Waals surface area contributed by atoms with Crippen molar-refractivity contribution in [3.63, 3.8) is 0 Å². The van der Waals surface area contributed by atoms with Crippen LogP contribution in [0, 0.1) is 13.8 Å². The highest BCUT2D eigenvalue weighted by Gasteiger charge is 2.26. The van der Waals surface area contributed by atoms with Gasteiger partial charge in [-0.2, -0.15) is 11.3 Å². The van der Waals surface area contributed by atoms with Crippen LogP contribution in [0.25, 0.3) is 0 Å². The Hall–Kier alpha value is -1.59. The van der Waals surface area contributed by atoms with Crippen molar-refractivity contribution >= 4 is 28.8 Å². The molecular weight excluding hydrogens is 332 g/mol. The van der Waals surface area contributed by atoms with Gasteiger partial charge < -0.3 is 9.88 Å². The molecule has 2 aromatic heterocycles. The Kier molecular flexibility index (Phi) is 5.65. The van der Waals surface area contributed by atoms with Crippen LogP contribution < -0.4 is 5.56 Å². The average Bonchev–Trinajstić information content (AvgIpc) is 3.02. The van der Waals surface area contributed by atoms with Crippen LogP contribution in [0.5, 0.6) is 0 Å². The molecule has 0 fully saturated rings. The first-order valence-corrected chi connectivity index (χ1v) is 8.89. The third-order valence-corrected chi connectivity index (χ3v) is 5.39. The fourth-order valence-electron chi connectivity index (χ4n) is 2.48. The van der Waals surface area contributed by atoms with Gasteiger partial charge in [-0.05, 0) is 55.1 Å². The monoisotopic (exact) mass is 352 g/mol. The minimum atomic E-state index is -0.381. The molecule has 0 aromatic carbocycles. The second kappa shape index (κ2) is 7.32. The maximum atomic E-state index is 13.0. The Morgan fingerprint density at radius 2 is 2.13 bits per heavy atom. The van der Waals surface area contributed by atoms with Gasteiger partial charge in [0.1, 0.15) is 5.56 Å². The summed E-state index contributed by atoms with van der Waals surface area (Å²) in [6.45, 7) is 7.95. The molecule has 1 atom stereocenters. The van der Waals surface area contributed by atoms with Crippen LogP contribution in [0.3, 0.4) is 0 Å². The molecule has 0 spiro atoms. The van der Waals surface area contributed by atoms with Gasteiger partial charge in [-0.15, -0.1) is 0 Å². The average molecular weight is 353 g/mol. The van der Waals surface area contributed by atoms with E-state index in [-0.39, 0.29) is 23.1 Å². The molecule has 2 aromatic rings. The lowest BCUT2D eigenvalue weighted by molar-refractivity contribution is 0.0669. The molecule has 4 nitrogen and oxygen atoms in total. The van der Waals surface area contributed by atoms with Crippen molar-refractivity contribution in [2.45, 2.75) is 46.7 Å². The molecule has 0 aliphatic heterocycles. The Morgan fingerprint density at radius 1 is 1.43 bits per heavy atom. The number of nitrogens with one attached hydrogen (secondary N) is 1.